The van der Waals surface area contributed by atoms with Crippen LogP contribution in [-0.4, -0.2) is 40.3 Å². The van der Waals surface area contributed by atoms with Crippen LogP contribution in [0.3, 0.4) is 0 Å². The molecule has 7 nitrogen and oxygen atoms in total. The van der Waals surface area contributed by atoms with E-state index in [-0.39, 0.29) is 11.1 Å². The summed E-state index contributed by atoms with van der Waals surface area (Å²) < 4.78 is 8.78. The Hall–Kier alpha value is -2.36. The summed E-state index contributed by atoms with van der Waals surface area (Å²) in [5.41, 5.74) is 1.49. The van der Waals surface area contributed by atoms with E-state index >= 15 is 0 Å². The summed E-state index contributed by atoms with van der Waals surface area (Å²) in [7, 11) is 1.63. The van der Waals surface area contributed by atoms with Crippen LogP contribution in [0.5, 0.6) is 0 Å². The molecule has 140 valence electrons. The minimum Gasteiger partial charge on any atom is -0.378 e. The predicted molar refractivity (Wildman–Crippen MR) is 109 cm³/mol. The van der Waals surface area contributed by atoms with Gasteiger partial charge in [0.05, 0.1) is 18.1 Å². The van der Waals surface area contributed by atoms with Crippen molar-refractivity contribution in [2.24, 2.45) is 7.05 Å². The maximum absolute atomic E-state index is 13.4. The van der Waals surface area contributed by atoms with Gasteiger partial charge in [-0.25, -0.2) is 4.98 Å². The van der Waals surface area contributed by atoms with Crippen LogP contribution in [0.1, 0.15) is 5.56 Å². The summed E-state index contributed by atoms with van der Waals surface area (Å²) >= 11 is 6.55. The lowest BCUT2D eigenvalue weighted by atomic mass is 10.2. The van der Waals surface area contributed by atoms with Gasteiger partial charge in [0.25, 0.3) is 11.1 Å². The van der Waals surface area contributed by atoms with Crippen molar-refractivity contribution in [2.75, 3.05) is 31.2 Å². The Morgan fingerprint density at radius 2 is 2.00 bits per heavy atom. The van der Waals surface area contributed by atoms with E-state index in [1.54, 1.807) is 13.2 Å². The van der Waals surface area contributed by atoms with Crippen LogP contribution in [0.25, 0.3) is 16.1 Å². The Morgan fingerprint density at radius 1 is 1.26 bits per heavy atom. The number of rotatable bonds is 2. The molecule has 1 fully saturated rings. The van der Waals surface area contributed by atoms with Crippen molar-refractivity contribution in [3.63, 3.8) is 0 Å². The lowest BCUT2D eigenvalue weighted by molar-refractivity contribution is 0.122. The maximum atomic E-state index is 13.4. The lowest BCUT2D eigenvalue weighted by Crippen LogP contribution is -2.38. The third kappa shape index (κ3) is 3.11. The molecule has 3 aromatic rings. The molecule has 0 saturated carbocycles. The Bertz CT molecular complexity index is 1170. The first-order valence-corrected chi connectivity index (χ1v) is 9.76. The minimum atomic E-state index is -0.240. The Balaban J connectivity index is 2.09. The van der Waals surface area contributed by atoms with Crippen LogP contribution in [0.2, 0.25) is 0 Å². The molecular formula is C18H18N4O3S2. The zero-order chi connectivity index (χ0) is 19.1. The van der Waals surface area contributed by atoms with Crippen LogP contribution in [0, 0.1) is 10.9 Å². The zero-order valence-electron chi connectivity index (χ0n) is 15.0. The molecule has 0 bridgehead atoms. The quantitative estimate of drug-likeness (QED) is 0.611. The number of nitrogens with zero attached hydrogens (tertiary/aromatic N) is 4. The molecule has 0 spiro atoms. The normalized spacial score (nSPS) is 14.7. The van der Waals surface area contributed by atoms with Crippen LogP contribution in [-0.2, 0) is 11.8 Å². The summed E-state index contributed by atoms with van der Waals surface area (Å²) in [6, 6.07) is 5.20. The SMILES string of the molecule is Cc1cccn2c(=O)c(-c3cc(=O)n(C)c(=S)s3)c(N3CCOCC3)nc12. The summed E-state index contributed by atoms with van der Waals surface area (Å²) in [4.78, 5) is 33.1. The number of fused-ring (bicyclic) bond motifs is 1. The van der Waals surface area contributed by atoms with Crippen LogP contribution >= 0.6 is 23.6 Å². The van der Waals surface area contributed by atoms with Crippen LogP contribution < -0.4 is 16.0 Å². The Labute approximate surface area is 164 Å². The number of aryl methyl sites for hydroxylation is 1. The molecule has 0 radical (unpaired) electrons. The van der Waals surface area contributed by atoms with Gasteiger partial charge in [-0.2, -0.15) is 0 Å². The van der Waals surface area contributed by atoms with Crippen molar-refractivity contribution >= 4 is 35.0 Å². The maximum Gasteiger partial charge on any atom is 0.268 e. The van der Waals surface area contributed by atoms with E-state index < -0.39 is 0 Å². The molecule has 27 heavy (non-hydrogen) atoms. The number of aromatic nitrogens is 3. The predicted octanol–water partition coefficient (Wildman–Crippen LogP) is 2.00. The van der Waals surface area contributed by atoms with Gasteiger partial charge in [0.15, 0.2) is 3.95 Å². The standard InChI is InChI=1S/C18H18N4O3S2/c1-11-4-3-5-22-15(11)19-16(21-6-8-25-9-7-21)14(17(22)24)12-10-13(23)20(2)18(26)27-12/h3-5,10H,6-9H2,1-2H3. The number of morpholine rings is 1. The van der Waals surface area contributed by atoms with Gasteiger partial charge >= 0.3 is 0 Å². The third-order valence-corrected chi connectivity index (χ3v) is 6.16. The summed E-state index contributed by atoms with van der Waals surface area (Å²) in [6.45, 7) is 4.34. The van der Waals surface area contributed by atoms with Gasteiger partial charge < -0.3 is 9.64 Å². The smallest absolute Gasteiger partial charge is 0.268 e. The molecule has 3 aromatic heterocycles. The molecule has 0 aliphatic carbocycles. The molecule has 0 amide bonds. The van der Waals surface area contributed by atoms with Crippen LogP contribution in [0.15, 0.2) is 34.0 Å². The van der Waals surface area contributed by atoms with E-state index in [0.717, 1.165) is 5.56 Å². The number of anilines is 1. The van der Waals surface area contributed by atoms with Crippen LogP contribution in [0.4, 0.5) is 5.82 Å². The second-order valence-corrected chi connectivity index (χ2v) is 8.05. The van der Waals surface area contributed by atoms with E-state index in [9.17, 15) is 9.59 Å². The van der Waals surface area contributed by atoms with E-state index in [2.05, 4.69) is 0 Å². The third-order valence-electron chi connectivity index (χ3n) is 4.64. The van der Waals surface area contributed by atoms with Crippen molar-refractivity contribution in [1.82, 2.24) is 14.0 Å². The molecule has 0 atom stereocenters. The molecule has 0 unspecified atom stereocenters. The lowest BCUT2D eigenvalue weighted by Gasteiger charge is -2.29. The molecule has 1 aliphatic heterocycles. The highest BCUT2D eigenvalue weighted by molar-refractivity contribution is 7.73. The van der Waals surface area contributed by atoms with Crippen molar-refractivity contribution < 1.29 is 4.74 Å². The summed E-state index contributed by atoms with van der Waals surface area (Å²) in [5, 5.41) is 0. The fraction of sp³-hybridized carbons (Fsp3) is 0.333. The highest BCUT2D eigenvalue weighted by atomic mass is 32.1. The fourth-order valence-electron chi connectivity index (χ4n) is 3.12. The molecular weight excluding hydrogens is 384 g/mol. The van der Waals surface area contributed by atoms with Gasteiger partial charge in [-0.05, 0) is 30.8 Å². The summed E-state index contributed by atoms with van der Waals surface area (Å²) in [6.07, 6.45) is 1.70. The molecule has 4 heterocycles. The Kier molecular flexibility index (Phi) is 4.67. The highest BCUT2D eigenvalue weighted by Gasteiger charge is 2.23. The molecule has 1 aliphatic rings. The average Bonchev–Trinajstić information content (AvgIpc) is 2.67. The number of hydrogen-bond donors (Lipinski definition) is 0. The van der Waals surface area contributed by atoms with E-state index in [1.807, 2.05) is 24.0 Å². The second-order valence-electron chi connectivity index (χ2n) is 6.37. The first-order chi connectivity index (χ1) is 13.0. The molecule has 4 rings (SSSR count). The van der Waals surface area contributed by atoms with Crippen molar-refractivity contribution in [1.29, 1.82) is 0 Å². The number of ether oxygens (including phenoxy) is 1. The van der Waals surface area contributed by atoms with Crippen molar-refractivity contribution in [3.05, 3.63) is 54.6 Å². The number of hydrogen-bond acceptors (Lipinski definition) is 7. The van der Waals surface area contributed by atoms with Crippen molar-refractivity contribution in [3.8, 4) is 10.4 Å². The van der Waals surface area contributed by atoms with E-state index in [4.69, 9.17) is 21.9 Å². The van der Waals surface area contributed by atoms with Gasteiger partial charge in [0, 0.05) is 32.4 Å². The van der Waals surface area contributed by atoms with Gasteiger partial charge in [0.1, 0.15) is 17.0 Å². The summed E-state index contributed by atoms with van der Waals surface area (Å²) in [5.74, 6) is 0.580. The monoisotopic (exact) mass is 402 g/mol. The zero-order valence-corrected chi connectivity index (χ0v) is 16.6. The number of pyridine rings is 1. The topological polar surface area (TPSA) is 68.8 Å². The molecule has 0 N–H and O–H groups in total. The first-order valence-electron chi connectivity index (χ1n) is 8.53. The second kappa shape index (κ2) is 6.99. The highest BCUT2D eigenvalue weighted by Crippen LogP contribution is 2.30. The van der Waals surface area contributed by atoms with Gasteiger partial charge in [-0.3, -0.25) is 18.6 Å². The first kappa shape index (κ1) is 18.0. The average molecular weight is 403 g/mol. The van der Waals surface area contributed by atoms with E-state index in [0.29, 0.717) is 52.2 Å². The largest absolute Gasteiger partial charge is 0.378 e. The fourth-order valence-corrected chi connectivity index (χ4v) is 4.34. The minimum absolute atomic E-state index is 0.205. The Morgan fingerprint density at radius 3 is 2.70 bits per heavy atom. The molecule has 1 saturated heterocycles. The van der Waals surface area contributed by atoms with Gasteiger partial charge in [-0.1, -0.05) is 6.07 Å². The van der Waals surface area contributed by atoms with E-state index in [1.165, 1.54) is 26.4 Å². The van der Waals surface area contributed by atoms with Gasteiger partial charge in [-0.15, -0.1) is 11.3 Å². The molecule has 9 heteroatoms. The van der Waals surface area contributed by atoms with Gasteiger partial charge in [0.2, 0.25) is 0 Å². The molecule has 0 aromatic carbocycles. The van der Waals surface area contributed by atoms with Crippen molar-refractivity contribution in [2.45, 2.75) is 6.92 Å².